The molecule has 2 N–H and O–H groups in total. The molecule has 0 aromatic carbocycles. The molecule has 1 amide bonds. The summed E-state index contributed by atoms with van der Waals surface area (Å²) in [5, 5.41) is 6.18. The third-order valence-electron chi connectivity index (χ3n) is 2.79. The second-order valence-corrected chi connectivity index (χ2v) is 8.57. The van der Waals surface area contributed by atoms with Crippen LogP contribution in [0.1, 0.15) is 11.3 Å². The number of carbonyl (C=O) groups excluding carboxylic acids is 2. The molecule has 2 heterocycles. The first-order chi connectivity index (χ1) is 11.5. The number of ether oxygens (including phenoxy) is 1. The number of hydrogen-bond acceptors (Lipinski definition) is 7. The van der Waals surface area contributed by atoms with Crippen molar-refractivity contribution in [3.63, 3.8) is 0 Å². The van der Waals surface area contributed by atoms with Crippen LogP contribution in [-0.2, 0) is 30.9 Å². The summed E-state index contributed by atoms with van der Waals surface area (Å²) in [6, 6.07) is 6.87. The molecule has 130 valence electrons. The van der Waals surface area contributed by atoms with Gasteiger partial charge in [-0.1, -0.05) is 12.1 Å². The Morgan fingerprint density at radius 1 is 1.12 bits per heavy atom. The van der Waals surface area contributed by atoms with Crippen LogP contribution < -0.4 is 10.0 Å². The van der Waals surface area contributed by atoms with E-state index in [4.69, 9.17) is 4.74 Å². The number of thiophene rings is 2. The molecule has 0 spiro atoms. The number of hydrogen-bond donors (Lipinski definition) is 2. The van der Waals surface area contributed by atoms with Gasteiger partial charge in [0.05, 0.1) is 13.0 Å². The molecule has 0 atom stereocenters. The molecule has 10 heteroatoms. The summed E-state index contributed by atoms with van der Waals surface area (Å²) in [5.41, 5.74) is 0. The van der Waals surface area contributed by atoms with E-state index in [2.05, 4.69) is 10.0 Å². The van der Waals surface area contributed by atoms with Crippen molar-refractivity contribution in [3.05, 3.63) is 39.9 Å². The van der Waals surface area contributed by atoms with Gasteiger partial charge in [-0.05, 0) is 22.9 Å². The van der Waals surface area contributed by atoms with E-state index in [9.17, 15) is 18.0 Å². The van der Waals surface area contributed by atoms with Crippen molar-refractivity contribution in [2.45, 2.75) is 17.2 Å². The summed E-state index contributed by atoms with van der Waals surface area (Å²) in [5.74, 6) is -1.05. The lowest BCUT2D eigenvalue weighted by Crippen LogP contribution is -2.30. The van der Waals surface area contributed by atoms with Crippen LogP contribution in [-0.4, -0.2) is 33.4 Å². The molecular formula is C14H16N2O5S3. The van der Waals surface area contributed by atoms with Crippen LogP contribution in [0.25, 0.3) is 0 Å². The number of rotatable bonds is 9. The van der Waals surface area contributed by atoms with E-state index >= 15 is 0 Å². The van der Waals surface area contributed by atoms with E-state index in [1.807, 2.05) is 17.5 Å². The molecule has 0 aliphatic carbocycles. The van der Waals surface area contributed by atoms with Gasteiger partial charge in [-0.15, -0.1) is 22.7 Å². The van der Waals surface area contributed by atoms with Crippen molar-refractivity contribution in [1.82, 2.24) is 10.0 Å². The normalized spacial score (nSPS) is 11.2. The van der Waals surface area contributed by atoms with E-state index in [0.717, 1.165) is 16.2 Å². The maximum atomic E-state index is 11.8. The summed E-state index contributed by atoms with van der Waals surface area (Å²) in [7, 11) is -3.60. The van der Waals surface area contributed by atoms with Gasteiger partial charge in [0.15, 0.2) is 6.61 Å². The molecule has 2 rings (SSSR count). The van der Waals surface area contributed by atoms with Gasteiger partial charge in [-0.25, -0.2) is 13.1 Å². The Bertz CT molecular complexity index is 754. The van der Waals surface area contributed by atoms with Gasteiger partial charge < -0.3 is 10.1 Å². The number of amides is 1. The zero-order valence-electron chi connectivity index (χ0n) is 12.6. The molecule has 7 nitrogen and oxygen atoms in total. The fraction of sp³-hybridized carbons (Fsp3) is 0.286. The molecule has 2 aromatic heterocycles. The Labute approximate surface area is 147 Å². The van der Waals surface area contributed by atoms with Crippen LogP contribution in [0, 0.1) is 0 Å². The first-order valence-corrected chi connectivity index (χ1v) is 10.2. The molecule has 2 aromatic rings. The van der Waals surface area contributed by atoms with Crippen molar-refractivity contribution in [3.8, 4) is 0 Å². The predicted molar refractivity (Wildman–Crippen MR) is 91.2 cm³/mol. The Morgan fingerprint density at radius 2 is 1.88 bits per heavy atom. The summed E-state index contributed by atoms with van der Waals surface area (Å²) in [6.07, 6.45) is -0.150. The van der Waals surface area contributed by atoms with Crippen molar-refractivity contribution in [2.24, 2.45) is 0 Å². The Balaban J connectivity index is 1.62. The van der Waals surface area contributed by atoms with Crippen LogP contribution in [0.4, 0.5) is 0 Å². The van der Waals surface area contributed by atoms with E-state index < -0.39 is 21.9 Å². The van der Waals surface area contributed by atoms with Gasteiger partial charge in [-0.2, -0.15) is 0 Å². The topological polar surface area (TPSA) is 102 Å². The second kappa shape index (κ2) is 8.92. The van der Waals surface area contributed by atoms with E-state index in [0.29, 0.717) is 6.54 Å². The van der Waals surface area contributed by atoms with Gasteiger partial charge in [0.25, 0.3) is 5.91 Å². The monoisotopic (exact) mass is 388 g/mol. The quantitative estimate of drug-likeness (QED) is 0.631. The summed E-state index contributed by atoms with van der Waals surface area (Å²) in [4.78, 5) is 24.1. The molecule has 0 bridgehead atoms. The van der Waals surface area contributed by atoms with Crippen LogP contribution in [0.5, 0.6) is 0 Å². The maximum absolute atomic E-state index is 11.8. The van der Waals surface area contributed by atoms with E-state index in [-0.39, 0.29) is 23.8 Å². The fourth-order valence-corrected chi connectivity index (χ4v) is 4.36. The first-order valence-electron chi connectivity index (χ1n) is 6.95. The molecular weight excluding hydrogens is 372 g/mol. The van der Waals surface area contributed by atoms with Gasteiger partial charge in [0.2, 0.25) is 10.0 Å². The highest BCUT2D eigenvalue weighted by molar-refractivity contribution is 7.91. The summed E-state index contributed by atoms with van der Waals surface area (Å²) < 4.78 is 30.9. The summed E-state index contributed by atoms with van der Waals surface area (Å²) >= 11 is 2.60. The van der Waals surface area contributed by atoms with Crippen LogP contribution in [0.3, 0.4) is 0 Å². The minimum Gasteiger partial charge on any atom is -0.456 e. The predicted octanol–water partition coefficient (Wildman–Crippen LogP) is 1.34. The zero-order valence-corrected chi connectivity index (χ0v) is 15.0. The van der Waals surface area contributed by atoms with Crippen LogP contribution in [0.2, 0.25) is 0 Å². The summed E-state index contributed by atoms with van der Waals surface area (Å²) in [6.45, 7) is -0.0908. The molecule has 0 radical (unpaired) electrons. The molecule has 0 aliphatic rings. The minimum absolute atomic E-state index is 0.0874. The van der Waals surface area contributed by atoms with Crippen molar-refractivity contribution < 1.29 is 22.7 Å². The third kappa shape index (κ3) is 6.04. The third-order valence-corrected chi connectivity index (χ3v) is 6.52. The van der Waals surface area contributed by atoms with Gasteiger partial charge >= 0.3 is 5.97 Å². The lowest BCUT2D eigenvalue weighted by Gasteiger charge is -2.06. The lowest BCUT2D eigenvalue weighted by atomic mass is 10.4. The number of sulfonamides is 1. The first kappa shape index (κ1) is 18.6. The van der Waals surface area contributed by atoms with E-state index in [1.54, 1.807) is 11.4 Å². The molecule has 0 saturated carbocycles. The van der Waals surface area contributed by atoms with Crippen molar-refractivity contribution in [1.29, 1.82) is 0 Å². The fourth-order valence-electron chi connectivity index (χ4n) is 1.64. The highest BCUT2D eigenvalue weighted by atomic mass is 32.2. The minimum atomic E-state index is -3.60. The Kier molecular flexibility index (Phi) is 6.91. The highest BCUT2D eigenvalue weighted by Gasteiger charge is 2.15. The standard InChI is InChI=1S/C14H16N2O5S3/c17-12(15-9-11-3-1-7-22-11)10-21-13(18)5-6-16-24(19,20)14-4-2-8-23-14/h1-4,7-8,16H,5-6,9-10H2,(H,15,17). The average molecular weight is 388 g/mol. The molecule has 0 aliphatic heterocycles. The Hall–Kier alpha value is -1.75. The smallest absolute Gasteiger partial charge is 0.307 e. The van der Waals surface area contributed by atoms with Crippen molar-refractivity contribution in [2.75, 3.05) is 13.2 Å². The average Bonchev–Trinajstić information content (AvgIpc) is 3.23. The van der Waals surface area contributed by atoms with E-state index in [1.165, 1.54) is 17.4 Å². The molecule has 0 saturated heterocycles. The van der Waals surface area contributed by atoms with Crippen LogP contribution >= 0.6 is 22.7 Å². The zero-order chi connectivity index (χ0) is 17.4. The number of esters is 1. The number of carbonyl (C=O) groups is 2. The van der Waals surface area contributed by atoms with Gasteiger partial charge in [-0.3, -0.25) is 9.59 Å². The Morgan fingerprint density at radius 3 is 2.54 bits per heavy atom. The molecule has 24 heavy (non-hydrogen) atoms. The molecule has 0 fully saturated rings. The number of nitrogens with one attached hydrogen (secondary N) is 2. The lowest BCUT2D eigenvalue weighted by molar-refractivity contribution is -0.148. The van der Waals surface area contributed by atoms with Gasteiger partial charge in [0.1, 0.15) is 4.21 Å². The van der Waals surface area contributed by atoms with Crippen LogP contribution in [0.15, 0.2) is 39.2 Å². The SMILES string of the molecule is O=C(COC(=O)CCNS(=O)(=O)c1cccs1)NCc1cccs1. The maximum Gasteiger partial charge on any atom is 0.307 e. The largest absolute Gasteiger partial charge is 0.456 e. The second-order valence-electron chi connectivity index (χ2n) is 4.60. The highest BCUT2D eigenvalue weighted by Crippen LogP contribution is 2.15. The van der Waals surface area contributed by atoms with Gasteiger partial charge in [0, 0.05) is 11.4 Å². The van der Waals surface area contributed by atoms with Crippen molar-refractivity contribution >= 4 is 44.6 Å². The molecule has 0 unspecified atom stereocenters.